The van der Waals surface area contributed by atoms with Crippen molar-refractivity contribution < 1.29 is 22.3 Å². The molecule has 2 aliphatic carbocycles. The third-order valence-corrected chi connectivity index (χ3v) is 9.34. The van der Waals surface area contributed by atoms with E-state index in [4.69, 9.17) is 5.11 Å². The SMILES string of the molecule is CC1(C)[C@H]2CC[C@]1(c1cccc(S(=O)(=O)CCCO)n1)c1nnc(-c3c(F)cccc3F)cc12. The number of aliphatic hydroxyl groups is 1. The van der Waals surface area contributed by atoms with Gasteiger partial charge in [-0.2, -0.15) is 5.10 Å². The Kier molecular flexibility index (Phi) is 5.33. The molecule has 2 aromatic heterocycles. The molecule has 34 heavy (non-hydrogen) atoms. The average molecular weight is 486 g/mol. The molecule has 0 saturated heterocycles. The van der Waals surface area contributed by atoms with Gasteiger partial charge in [0.25, 0.3) is 0 Å². The Hall–Kier alpha value is -2.78. The number of benzene rings is 1. The van der Waals surface area contributed by atoms with Crippen LogP contribution in [-0.2, 0) is 15.3 Å². The van der Waals surface area contributed by atoms with Gasteiger partial charge in [0.2, 0.25) is 0 Å². The molecule has 2 atom stereocenters. The number of pyridine rings is 1. The Bertz CT molecular complexity index is 1370. The van der Waals surface area contributed by atoms with Crippen LogP contribution in [0.1, 0.15) is 56.0 Å². The zero-order valence-corrected chi connectivity index (χ0v) is 19.7. The maximum Gasteiger partial charge on any atom is 0.195 e. The molecule has 1 aromatic carbocycles. The molecular weight excluding hydrogens is 460 g/mol. The highest BCUT2D eigenvalue weighted by Crippen LogP contribution is 2.69. The lowest BCUT2D eigenvalue weighted by molar-refractivity contribution is 0.242. The van der Waals surface area contributed by atoms with Crippen LogP contribution >= 0.6 is 0 Å². The number of aliphatic hydroxyl groups excluding tert-OH is 1. The molecular formula is C25H25F2N3O3S. The Morgan fingerprint density at radius 2 is 1.79 bits per heavy atom. The van der Waals surface area contributed by atoms with Crippen LogP contribution in [0.4, 0.5) is 8.78 Å². The predicted octanol–water partition coefficient (Wildman–Crippen LogP) is 4.18. The molecule has 1 saturated carbocycles. The van der Waals surface area contributed by atoms with Gasteiger partial charge in [-0.15, -0.1) is 5.10 Å². The lowest BCUT2D eigenvalue weighted by Crippen LogP contribution is -2.38. The molecule has 178 valence electrons. The van der Waals surface area contributed by atoms with E-state index >= 15 is 0 Å². The van der Waals surface area contributed by atoms with Gasteiger partial charge in [0.15, 0.2) is 14.9 Å². The quantitative estimate of drug-likeness (QED) is 0.563. The van der Waals surface area contributed by atoms with Gasteiger partial charge in [-0.25, -0.2) is 22.2 Å². The van der Waals surface area contributed by atoms with Gasteiger partial charge in [0.05, 0.1) is 33.8 Å². The number of hydrogen-bond donors (Lipinski definition) is 1. The Morgan fingerprint density at radius 1 is 1.09 bits per heavy atom. The third-order valence-electron chi connectivity index (χ3n) is 7.65. The van der Waals surface area contributed by atoms with Crippen LogP contribution in [0.25, 0.3) is 11.3 Å². The van der Waals surface area contributed by atoms with E-state index in [1.165, 1.54) is 24.3 Å². The second kappa shape index (κ2) is 7.88. The van der Waals surface area contributed by atoms with Crippen LogP contribution in [0.3, 0.4) is 0 Å². The van der Waals surface area contributed by atoms with Crippen molar-refractivity contribution >= 4 is 9.84 Å². The van der Waals surface area contributed by atoms with Gasteiger partial charge in [0, 0.05) is 6.61 Å². The van der Waals surface area contributed by atoms with E-state index in [0.29, 0.717) is 17.8 Å². The molecule has 2 bridgehead atoms. The minimum atomic E-state index is -3.65. The number of hydrogen-bond acceptors (Lipinski definition) is 6. The normalized spacial score (nSPS) is 22.7. The molecule has 1 fully saturated rings. The van der Waals surface area contributed by atoms with E-state index < -0.39 is 26.9 Å². The first-order chi connectivity index (χ1) is 16.1. The van der Waals surface area contributed by atoms with Crippen LogP contribution in [0.15, 0.2) is 47.5 Å². The number of aromatic nitrogens is 3. The minimum Gasteiger partial charge on any atom is -0.396 e. The Labute approximate surface area is 197 Å². The van der Waals surface area contributed by atoms with Gasteiger partial charge in [-0.05, 0) is 66.5 Å². The summed E-state index contributed by atoms with van der Waals surface area (Å²) < 4.78 is 54.4. The minimum absolute atomic E-state index is 0.0291. The second-order valence-electron chi connectivity index (χ2n) is 9.61. The number of rotatable bonds is 6. The van der Waals surface area contributed by atoms with Gasteiger partial charge in [0.1, 0.15) is 11.6 Å². The van der Waals surface area contributed by atoms with Gasteiger partial charge in [-0.1, -0.05) is 26.0 Å². The molecule has 1 N–H and O–H groups in total. The van der Waals surface area contributed by atoms with Crippen molar-refractivity contribution in [2.75, 3.05) is 12.4 Å². The molecule has 0 aliphatic heterocycles. The summed E-state index contributed by atoms with van der Waals surface area (Å²) in [6, 6.07) is 10.4. The number of halogens is 2. The van der Waals surface area contributed by atoms with Crippen molar-refractivity contribution in [3.05, 3.63) is 71.1 Å². The molecule has 2 heterocycles. The van der Waals surface area contributed by atoms with Crippen LogP contribution in [-0.4, -0.2) is 41.1 Å². The maximum absolute atomic E-state index is 14.4. The van der Waals surface area contributed by atoms with Crippen molar-refractivity contribution in [1.29, 1.82) is 0 Å². The summed E-state index contributed by atoms with van der Waals surface area (Å²) in [6.45, 7) is 3.99. The van der Waals surface area contributed by atoms with Crippen LogP contribution in [0, 0.1) is 17.0 Å². The first-order valence-electron chi connectivity index (χ1n) is 11.3. The fraction of sp³-hybridized carbons (Fsp3) is 0.400. The number of nitrogens with zero attached hydrogens (tertiary/aromatic N) is 3. The van der Waals surface area contributed by atoms with Crippen LogP contribution in [0.2, 0.25) is 0 Å². The monoisotopic (exact) mass is 485 g/mol. The summed E-state index contributed by atoms with van der Waals surface area (Å²) in [5, 5.41) is 17.7. The topological polar surface area (TPSA) is 93.0 Å². The van der Waals surface area contributed by atoms with Crippen LogP contribution < -0.4 is 0 Å². The molecule has 0 radical (unpaired) electrons. The summed E-state index contributed by atoms with van der Waals surface area (Å²) in [7, 11) is -3.65. The summed E-state index contributed by atoms with van der Waals surface area (Å²) in [5.74, 6) is -1.53. The summed E-state index contributed by atoms with van der Waals surface area (Å²) in [6.07, 6.45) is 1.66. The smallest absolute Gasteiger partial charge is 0.195 e. The first-order valence-corrected chi connectivity index (χ1v) is 12.9. The van der Waals surface area contributed by atoms with Gasteiger partial charge >= 0.3 is 0 Å². The van der Waals surface area contributed by atoms with E-state index in [1.807, 2.05) is 6.07 Å². The summed E-state index contributed by atoms with van der Waals surface area (Å²) in [4.78, 5) is 4.59. The molecule has 0 unspecified atom stereocenters. The Balaban J connectivity index is 1.66. The largest absolute Gasteiger partial charge is 0.396 e. The third kappa shape index (κ3) is 3.13. The number of fused-ring (bicyclic) bond motifs is 5. The van der Waals surface area contributed by atoms with E-state index in [1.54, 1.807) is 12.1 Å². The molecule has 6 nitrogen and oxygen atoms in total. The highest BCUT2D eigenvalue weighted by Gasteiger charge is 2.65. The average Bonchev–Trinajstić information content (AvgIpc) is 3.19. The van der Waals surface area contributed by atoms with Crippen molar-refractivity contribution in [3.63, 3.8) is 0 Å². The van der Waals surface area contributed by atoms with E-state index in [2.05, 4.69) is 29.0 Å². The maximum atomic E-state index is 14.4. The van der Waals surface area contributed by atoms with Crippen molar-refractivity contribution in [3.8, 4) is 11.3 Å². The van der Waals surface area contributed by atoms with Crippen LogP contribution in [0.5, 0.6) is 0 Å². The van der Waals surface area contributed by atoms with E-state index in [0.717, 1.165) is 12.0 Å². The molecule has 2 aliphatic rings. The van der Waals surface area contributed by atoms with E-state index in [9.17, 15) is 17.2 Å². The molecule has 9 heteroatoms. The predicted molar refractivity (Wildman–Crippen MR) is 122 cm³/mol. The molecule has 3 aromatic rings. The zero-order valence-electron chi connectivity index (χ0n) is 18.9. The molecule has 5 rings (SSSR count). The highest BCUT2D eigenvalue weighted by atomic mass is 32.2. The second-order valence-corrected chi connectivity index (χ2v) is 11.7. The number of sulfone groups is 1. The lowest BCUT2D eigenvalue weighted by Gasteiger charge is -2.37. The first kappa shape index (κ1) is 23.0. The zero-order chi connectivity index (χ0) is 24.3. The van der Waals surface area contributed by atoms with Crippen molar-refractivity contribution in [2.45, 2.75) is 49.5 Å². The van der Waals surface area contributed by atoms with Gasteiger partial charge in [-0.3, -0.25) is 0 Å². The summed E-state index contributed by atoms with van der Waals surface area (Å²) >= 11 is 0. The highest BCUT2D eigenvalue weighted by molar-refractivity contribution is 7.91. The fourth-order valence-corrected chi connectivity index (χ4v) is 7.18. The molecule has 0 spiro atoms. The Morgan fingerprint density at radius 3 is 2.50 bits per heavy atom. The van der Waals surface area contributed by atoms with Gasteiger partial charge < -0.3 is 5.11 Å². The van der Waals surface area contributed by atoms with Crippen molar-refractivity contribution in [2.24, 2.45) is 5.41 Å². The standard InChI is InChI=1S/C25H25F2N3O3S/c1-24(2)16-10-11-25(24,20-8-4-9-21(28-20)34(32,33)13-5-12-31)23-15(16)14-19(29-30-23)22-17(26)6-3-7-18(22)27/h3-4,6-9,14,16,31H,5,10-13H2,1-2H3/t16-,25-/m0/s1. The lowest BCUT2D eigenvalue weighted by atomic mass is 9.66. The van der Waals surface area contributed by atoms with Crippen molar-refractivity contribution in [1.82, 2.24) is 15.2 Å². The fourth-order valence-electron chi connectivity index (χ4n) is 5.94. The van der Waals surface area contributed by atoms with E-state index in [-0.39, 0.29) is 46.4 Å². The summed E-state index contributed by atoms with van der Waals surface area (Å²) in [5.41, 5.74) is 1.06. The molecule has 0 amide bonds.